The van der Waals surface area contributed by atoms with Gasteiger partial charge in [-0.15, -0.1) is 0 Å². The molecule has 0 aliphatic rings. The molecule has 1 N–H and O–H groups in total. The van der Waals surface area contributed by atoms with E-state index in [0.29, 0.717) is 0 Å². The van der Waals surface area contributed by atoms with Crippen molar-refractivity contribution in [1.82, 2.24) is 5.32 Å². The summed E-state index contributed by atoms with van der Waals surface area (Å²) in [4.78, 5) is 0. The van der Waals surface area contributed by atoms with Gasteiger partial charge in [-0.05, 0) is 56.6 Å². The standard InChI is InChI=1S/C16H19BrFNO/c1-4-7-19-16(13-8-10(2)20-11(13)3)14-9-12(18)5-6-15(14)17/h5-6,8-9,16,19H,4,7H2,1-3H3. The van der Waals surface area contributed by atoms with Crippen molar-refractivity contribution >= 4 is 15.9 Å². The van der Waals surface area contributed by atoms with Crippen LogP contribution < -0.4 is 5.32 Å². The van der Waals surface area contributed by atoms with Crippen molar-refractivity contribution in [2.45, 2.75) is 33.2 Å². The summed E-state index contributed by atoms with van der Waals surface area (Å²) in [5, 5.41) is 3.47. The van der Waals surface area contributed by atoms with Crippen LogP contribution in [-0.2, 0) is 0 Å². The predicted molar refractivity (Wildman–Crippen MR) is 82.4 cm³/mol. The largest absolute Gasteiger partial charge is 0.466 e. The fourth-order valence-corrected chi connectivity index (χ4v) is 2.82. The molecule has 1 atom stereocenters. The summed E-state index contributed by atoms with van der Waals surface area (Å²) < 4.78 is 20.1. The Hall–Kier alpha value is -1.13. The molecule has 1 unspecified atom stereocenters. The average Bonchev–Trinajstić information content (AvgIpc) is 2.73. The molecule has 0 saturated carbocycles. The Labute approximate surface area is 127 Å². The molecular weight excluding hydrogens is 321 g/mol. The molecule has 1 aromatic heterocycles. The zero-order chi connectivity index (χ0) is 14.7. The lowest BCUT2D eigenvalue weighted by Crippen LogP contribution is -2.24. The van der Waals surface area contributed by atoms with E-state index in [4.69, 9.17) is 4.42 Å². The minimum absolute atomic E-state index is 0.0718. The van der Waals surface area contributed by atoms with E-state index in [2.05, 4.69) is 28.2 Å². The number of furan rings is 1. The smallest absolute Gasteiger partial charge is 0.123 e. The first-order valence-corrected chi connectivity index (χ1v) is 7.57. The van der Waals surface area contributed by atoms with Crippen molar-refractivity contribution in [2.24, 2.45) is 0 Å². The van der Waals surface area contributed by atoms with E-state index < -0.39 is 0 Å². The first-order chi connectivity index (χ1) is 9.52. The van der Waals surface area contributed by atoms with Crippen molar-refractivity contribution in [1.29, 1.82) is 0 Å². The number of rotatable bonds is 5. The van der Waals surface area contributed by atoms with E-state index in [1.807, 2.05) is 19.9 Å². The number of halogens is 2. The van der Waals surface area contributed by atoms with E-state index in [-0.39, 0.29) is 11.9 Å². The monoisotopic (exact) mass is 339 g/mol. The van der Waals surface area contributed by atoms with E-state index in [1.165, 1.54) is 6.07 Å². The van der Waals surface area contributed by atoms with Crippen molar-refractivity contribution in [3.63, 3.8) is 0 Å². The lowest BCUT2D eigenvalue weighted by Gasteiger charge is -2.20. The van der Waals surface area contributed by atoms with Gasteiger partial charge in [0.15, 0.2) is 0 Å². The molecule has 0 amide bonds. The molecule has 1 heterocycles. The summed E-state index contributed by atoms with van der Waals surface area (Å²) in [6, 6.07) is 6.71. The summed E-state index contributed by atoms with van der Waals surface area (Å²) in [5.41, 5.74) is 1.95. The predicted octanol–water partition coefficient (Wildman–Crippen LogP) is 4.89. The minimum atomic E-state index is -0.232. The molecule has 20 heavy (non-hydrogen) atoms. The van der Waals surface area contributed by atoms with Crippen LogP contribution >= 0.6 is 15.9 Å². The fourth-order valence-electron chi connectivity index (χ4n) is 2.35. The van der Waals surface area contributed by atoms with Gasteiger partial charge in [0.1, 0.15) is 17.3 Å². The van der Waals surface area contributed by atoms with Crippen LogP contribution in [0.4, 0.5) is 4.39 Å². The third-order valence-electron chi connectivity index (χ3n) is 3.26. The Bertz CT molecular complexity index is 594. The number of benzene rings is 1. The molecule has 0 bridgehead atoms. The van der Waals surface area contributed by atoms with Crippen molar-refractivity contribution in [3.8, 4) is 0 Å². The van der Waals surface area contributed by atoms with Crippen molar-refractivity contribution in [2.75, 3.05) is 6.54 Å². The molecule has 2 nitrogen and oxygen atoms in total. The normalized spacial score (nSPS) is 12.7. The first kappa shape index (κ1) is 15.3. The van der Waals surface area contributed by atoms with Gasteiger partial charge in [0.2, 0.25) is 0 Å². The molecule has 2 rings (SSSR count). The minimum Gasteiger partial charge on any atom is -0.466 e. The SMILES string of the molecule is CCCNC(c1cc(F)ccc1Br)c1cc(C)oc1C. The maximum Gasteiger partial charge on any atom is 0.123 e. The third-order valence-corrected chi connectivity index (χ3v) is 3.98. The number of nitrogens with one attached hydrogen (secondary N) is 1. The van der Waals surface area contributed by atoms with E-state index in [9.17, 15) is 4.39 Å². The zero-order valence-corrected chi connectivity index (χ0v) is 13.6. The molecule has 0 aliphatic carbocycles. The zero-order valence-electron chi connectivity index (χ0n) is 12.0. The highest BCUT2D eigenvalue weighted by Crippen LogP contribution is 2.32. The van der Waals surface area contributed by atoms with Crippen LogP contribution in [0.25, 0.3) is 0 Å². The maximum absolute atomic E-state index is 13.6. The lowest BCUT2D eigenvalue weighted by molar-refractivity contribution is 0.493. The Morgan fingerprint density at radius 1 is 1.25 bits per heavy atom. The highest BCUT2D eigenvalue weighted by Gasteiger charge is 2.21. The van der Waals surface area contributed by atoms with Crippen LogP contribution in [-0.4, -0.2) is 6.54 Å². The molecule has 0 saturated heterocycles. The second-order valence-electron chi connectivity index (χ2n) is 4.92. The first-order valence-electron chi connectivity index (χ1n) is 6.78. The van der Waals surface area contributed by atoms with Crippen LogP contribution in [0.3, 0.4) is 0 Å². The number of hydrogen-bond donors (Lipinski definition) is 1. The second kappa shape index (κ2) is 6.55. The fraction of sp³-hybridized carbons (Fsp3) is 0.375. The molecule has 108 valence electrons. The quantitative estimate of drug-likeness (QED) is 0.839. The Balaban J connectivity index is 2.46. The van der Waals surface area contributed by atoms with Gasteiger partial charge >= 0.3 is 0 Å². The average molecular weight is 340 g/mol. The number of hydrogen-bond acceptors (Lipinski definition) is 2. The Morgan fingerprint density at radius 3 is 2.60 bits per heavy atom. The summed E-state index contributed by atoms with van der Waals surface area (Å²) in [5.74, 6) is 1.50. The third kappa shape index (κ3) is 3.30. The molecule has 0 radical (unpaired) electrons. The van der Waals surface area contributed by atoms with Crippen molar-refractivity contribution in [3.05, 3.63) is 57.2 Å². The summed E-state index contributed by atoms with van der Waals surface area (Å²) in [7, 11) is 0. The second-order valence-corrected chi connectivity index (χ2v) is 5.78. The highest BCUT2D eigenvalue weighted by molar-refractivity contribution is 9.10. The molecule has 4 heteroatoms. The van der Waals surface area contributed by atoms with Gasteiger partial charge in [-0.25, -0.2) is 4.39 Å². The van der Waals surface area contributed by atoms with E-state index >= 15 is 0 Å². The maximum atomic E-state index is 13.6. The van der Waals surface area contributed by atoms with Gasteiger partial charge < -0.3 is 9.73 Å². The molecule has 1 aromatic carbocycles. The van der Waals surface area contributed by atoms with E-state index in [0.717, 1.165) is 40.1 Å². The van der Waals surface area contributed by atoms with Crippen LogP contribution in [0.5, 0.6) is 0 Å². The van der Waals surface area contributed by atoms with Gasteiger partial charge in [0.05, 0.1) is 6.04 Å². The molecule has 2 aromatic rings. The van der Waals surface area contributed by atoms with Gasteiger partial charge in [-0.3, -0.25) is 0 Å². The van der Waals surface area contributed by atoms with Crippen molar-refractivity contribution < 1.29 is 8.81 Å². The molecule has 0 spiro atoms. The lowest BCUT2D eigenvalue weighted by atomic mass is 9.98. The van der Waals surface area contributed by atoms with Crippen LogP contribution in [0.1, 0.15) is 42.0 Å². The molecular formula is C16H19BrFNO. The van der Waals surface area contributed by atoms with Crippen LogP contribution in [0.15, 0.2) is 33.2 Å². The summed E-state index contributed by atoms with van der Waals surface area (Å²) in [6.07, 6.45) is 1.01. The summed E-state index contributed by atoms with van der Waals surface area (Å²) >= 11 is 3.51. The van der Waals surface area contributed by atoms with Crippen LogP contribution in [0.2, 0.25) is 0 Å². The number of aryl methyl sites for hydroxylation is 2. The van der Waals surface area contributed by atoms with Crippen LogP contribution in [0, 0.1) is 19.7 Å². The van der Waals surface area contributed by atoms with Gasteiger partial charge in [-0.2, -0.15) is 0 Å². The topological polar surface area (TPSA) is 25.2 Å². The summed E-state index contributed by atoms with van der Waals surface area (Å²) in [6.45, 7) is 6.83. The highest BCUT2D eigenvalue weighted by atomic mass is 79.9. The Morgan fingerprint density at radius 2 is 2.00 bits per heavy atom. The molecule has 0 aliphatic heterocycles. The van der Waals surface area contributed by atoms with Gasteiger partial charge in [-0.1, -0.05) is 22.9 Å². The molecule has 0 fully saturated rings. The van der Waals surface area contributed by atoms with E-state index in [1.54, 1.807) is 12.1 Å². The Kier molecular flexibility index (Phi) is 5.00. The van der Waals surface area contributed by atoms with Gasteiger partial charge in [0, 0.05) is 10.0 Å². The van der Waals surface area contributed by atoms with Gasteiger partial charge in [0.25, 0.3) is 0 Å².